The van der Waals surface area contributed by atoms with E-state index in [9.17, 15) is 0 Å². The lowest BCUT2D eigenvalue weighted by Crippen LogP contribution is -2.42. The molecule has 0 bridgehead atoms. The first-order chi connectivity index (χ1) is 8.77. The molecule has 98 valence electrons. The van der Waals surface area contributed by atoms with Gasteiger partial charge in [0, 0.05) is 36.2 Å². The van der Waals surface area contributed by atoms with Gasteiger partial charge in [-0.1, -0.05) is 29.8 Å². The quantitative estimate of drug-likeness (QED) is 0.683. The molecule has 0 spiro atoms. The van der Waals surface area contributed by atoms with Crippen molar-refractivity contribution in [2.24, 2.45) is 10.7 Å². The van der Waals surface area contributed by atoms with Crippen LogP contribution in [-0.2, 0) is 6.42 Å². The number of aliphatic imine (C=N–C) groups is 1. The van der Waals surface area contributed by atoms with Crippen LogP contribution in [0.5, 0.6) is 0 Å². The van der Waals surface area contributed by atoms with Gasteiger partial charge in [0.15, 0.2) is 5.96 Å². The maximum Gasteiger partial charge on any atom is 0.191 e. The molecule has 18 heavy (non-hydrogen) atoms. The molecule has 2 N–H and O–H groups in total. The van der Waals surface area contributed by atoms with E-state index in [4.69, 9.17) is 17.3 Å². The van der Waals surface area contributed by atoms with Gasteiger partial charge in [-0.3, -0.25) is 4.99 Å². The van der Waals surface area contributed by atoms with E-state index in [1.54, 1.807) is 0 Å². The Morgan fingerprint density at radius 1 is 1.33 bits per heavy atom. The van der Waals surface area contributed by atoms with Crippen LogP contribution in [0.2, 0.25) is 5.02 Å². The van der Waals surface area contributed by atoms with Crippen molar-refractivity contribution in [2.75, 3.05) is 31.1 Å². The fourth-order valence-corrected chi connectivity index (χ4v) is 3.02. The molecule has 0 radical (unpaired) electrons. The van der Waals surface area contributed by atoms with E-state index in [1.807, 2.05) is 36.0 Å². The Balaban J connectivity index is 1.85. The van der Waals surface area contributed by atoms with Crippen molar-refractivity contribution in [1.29, 1.82) is 0 Å². The molecule has 1 aliphatic rings. The lowest BCUT2D eigenvalue weighted by Gasteiger charge is -2.27. The third-order valence-corrected chi connectivity index (χ3v) is 4.26. The monoisotopic (exact) mass is 283 g/mol. The summed E-state index contributed by atoms with van der Waals surface area (Å²) in [5, 5.41) is 0.806. The second-order valence-corrected chi connectivity index (χ2v) is 5.81. The zero-order chi connectivity index (χ0) is 12.8. The maximum absolute atomic E-state index is 6.10. The number of nitrogens with two attached hydrogens (primary N) is 1. The highest BCUT2D eigenvalue weighted by Crippen LogP contribution is 2.15. The summed E-state index contributed by atoms with van der Waals surface area (Å²) in [6, 6.07) is 7.88. The van der Waals surface area contributed by atoms with Gasteiger partial charge in [0.25, 0.3) is 0 Å². The summed E-state index contributed by atoms with van der Waals surface area (Å²) in [5.74, 6) is 2.95. The van der Waals surface area contributed by atoms with Crippen LogP contribution in [0.25, 0.3) is 0 Å². The number of hydrogen-bond donors (Lipinski definition) is 1. The normalized spacial score (nSPS) is 16.9. The van der Waals surface area contributed by atoms with Gasteiger partial charge < -0.3 is 10.6 Å². The lowest BCUT2D eigenvalue weighted by molar-refractivity contribution is 0.456. The first kappa shape index (κ1) is 13.6. The number of hydrogen-bond acceptors (Lipinski definition) is 2. The highest BCUT2D eigenvalue weighted by atomic mass is 35.5. The van der Waals surface area contributed by atoms with Crippen LogP contribution in [0.4, 0.5) is 0 Å². The lowest BCUT2D eigenvalue weighted by atomic mass is 10.1. The van der Waals surface area contributed by atoms with E-state index in [0.29, 0.717) is 12.5 Å². The van der Waals surface area contributed by atoms with Gasteiger partial charge in [-0.15, -0.1) is 0 Å². The number of benzene rings is 1. The predicted octanol–water partition coefficient (Wildman–Crippen LogP) is 2.25. The van der Waals surface area contributed by atoms with E-state index >= 15 is 0 Å². The van der Waals surface area contributed by atoms with Crippen molar-refractivity contribution >= 4 is 29.3 Å². The van der Waals surface area contributed by atoms with E-state index in [2.05, 4.69) is 9.89 Å². The Morgan fingerprint density at radius 3 is 2.78 bits per heavy atom. The summed E-state index contributed by atoms with van der Waals surface area (Å²) in [7, 11) is 0. The van der Waals surface area contributed by atoms with Gasteiger partial charge in [-0.25, -0.2) is 0 Å². The molecule has 0 aromatic heterocycles. The van der Waals surface area contributed by atoms with Crippen LogP contribution in [0.1, 0.15) is 5.56 Å². The summed E-state index contributed by atoms with van der Waals surface area (Å²) < 4.78 is 0. The second-order valence-electron chi connectivity index (χ2n) is 4.18. The van der Waals surface area contributed by atoms with Crippen LogP contribution >= 0.6 is 23.4 Å². The van der Waals surface area contributed by atoms with Gasteiger partial charge in [-0.05, 0) is 18.1 Å². The Bertz CT molecular complexity index is 416. The molecule has 1 aromatic carbocycles. The molecule has 0 atom stereocenters. The zero-order valence-corrected chi connectivity index (χ0v) is 11.9. The van der Waals surface area contributed by atoms with Gasteiger partial charge in [0.1, 0.15) is 0 Å². The molecular weight excluding hydrogens is 266 g/mol. The predicted molar refractivity (Wildman–Crippen MR) is 80.5 cm³/mol. The number of halogens is 1. The molecule has 0 amide bonds. The fraction of sp³-hybridized carbons (Fsp3) is 0.462. The number of thioether (sulfide) groups is 1. The third kappa shape index (κ3) is 3.82. The van der Waals surface area contributed by atoms with E-state index in [0.717, 1.165) is 41.6 Å². The Hall–Kier alpha value is -0.870. The summed E-state index contributed by atoms with van der Waals surface area (Å²) in [6.45, 7) is 2.71. The topological polar surface area (TPSA) is 41.6 Å². The Morgan fingerprint density at radius 2 is 2.06 bits per heavy atom. The van der Waals surface area contributed by atoms with Gasteiger partial charge in [0.2, 0.25) is 0 Å². The molecule has 3 nitrogen and oxygen atoms in total. The second kappa shape index (κ2) is 6.90. The smallest absolute Gasteiger partial charge is 0.191 e. The fourth-order valence-electron chi connectivity index (χ4n) is 1.88. The third-order valence-electron chi connectivity index (χ3n) is 2.95. The van der Waals surface area contributed by atoms with Crippen molar-refractivity contribution in [3.8, 4) is 0 Å². The average Bonchev–Trinajstić information content (AvgIpc) is 2.42. The zero-order valence-electron chi connectivity index (χ0n) is 10.3. The minimum absolute atomic E-state index is 0.669. The minimum Gasteiger partial charge on any atom is -0.370 e. The van der Waals surface area contributed by atoms with Crippen LogP contribution in [0.3, 0.4) is 0 Å². The minimum atomic E-state index is 0.669. The van der Waals surface area contributed by atoms with E-state index in [-0.39, 0.29) is 0 Å². The summed E-state index contributed by atoms with van der Waals surface area (Å²) >= 11 is 8.06. The molecule has 1 aromatic rings. The van der Waals surface area contributed by atoms with Gasteiger partial charge in [0.05, 0.1) is 0 Å². The van der Waals surface area contributed by atoms with Crippen LogP contribution in [0.15, 0.2) is 29.3 Å². The standard InChI is InChI=1S/C13H18ClN3S/c14-12-4-2-1-3-11(12)5-6-16-13(15)17-7-9-18-10-8-17/h1-4H,5-10H2,(H2,15,16). The molecule has 1 heterocycles. The van der Waals surface area contributed by atoms with Crippen molar-refractivity contribution in [3.63, 3.8) is 0 Å². The van der Waals surface area contributed by atoms with Crippen LogP contribution in [0, 0.1) is 0 Å². The number of nitrogens with zero attached hydrogens (tertiary/aromatic N) is 2. The Labute approximate surface area is 117 Å². The summed E-state index contributed by atoms with van der Waals surface area (Å²) in [5.41, 5.74) is 7.11. The summed E-state index contributed by atoms with van der Waals surface area (Å²) in [6.07, 6.45) is 0.836. The van der Waals surface area contributed by atoms with Crippen molar-refractivity contribution in [1.82, 2.24) is 4.90 Å². The average molecular weight is 284 g/mol. The molecule has 0 aliphatic carbocycles. The van der Waals surface area contributed by atoms with Crippen molar-refractivity contribution in [2.45, 2.75) is 6.42 Å². The molecule has 1 saturated heterocycles. The maximum atomic E-state index is 6.10. The van der Waals surface area contributed by atoms with Crippen molar-refractivity contribution in [3.05, 3.63) is 34.9 Å². The Kier molecular flexibility index (Phi) is 5.20. The molecular formula is C13H18ClN3S. The molecule has 2 rings (SSSR count). The van der Waals surface area contributed by atoms with Crippen molar-refractivity contribution < 1.29 is 0 Å². The molecule has 5 heteroatoms. The summed E-state index contributed by atoms with van der Waals surface area (Å²) in [4.78, 5) is 6.59. The number of guanidine groups is 1. The van der Waals surface area contributed by atoms with E-state index in [1.165, 1.54) is 0 Å². The van der Waals surface area contributed by atoms with Crippen LogP contribution < -0.4 is 5.73 Å². The first-order valence-electron chi connectivity index (χ1n) is 6.13. The molecule has 1 aliphatic heterocycles. The van der Waals surface area contributed by atoms with Gasteiger partial charge >= 0.3 is 0 Å². The highest BCUT2D eigenvalue weighted by Gasteiger charge is 2.11. The molecule has 0 saturated carbocycles. The molecule has 1 fully saturated rings. The van der Waals surface area contributed by atoms with Gasteiger partial charge in [-0.2, -0.15) is 11.8 Å². The SMILES string of the molecule is NC(=NCCc1ccccc1Cl)N1CCSCC1. The first-order valence-corrected chi connectivity index (χ1v) is 7.66. The number of rotatable bonds is 3. The van der Waals surface area contributed by atoms with E-state index < -0.39 is 0 Å². The molecule has 0 unspecified atom stereocenters. The largest absolute Gasteiger partial charge is 0.370 e. The highest BCUT2D eigenvalue weighted by molar-refractivity contribution is 7.99. The van der Waals surface area contributed by atoms with Crippen LogP contribution in [-0.4, -0.2) is 42.0 Å².